The van der Waals surface area contributed by atoms with E-state index in [9.17, 15) is 18.7 Å². The van der Waals surface area contributed by atoms with Gasteiger partial charge in [-0.3, -0.25) is 4.79 Å². The van der Waals surface area contributed by atoms with Crippen LogP contribution < -0.4 is 5.32 Å². The fourth-order valence-corrected chi connectivity index (χ4v) is 2.87. The number of carbonyl (C=O) groups excluding carboxylic acids is 1. The van der Waals surface area contributed by atoms with E-state index < -0.39 is 11.9 Å². The summed E-state index contributed by atoms with van der Waals surface area (Å²) >= 11 is 1.90. The summed E-state index contributed by atoms with van der Waals surface area (Å²) in [7, 11) is 0. The van der Waals surface area contributed by atoms with Crippen LogP contribution in [-0.2, 0) is 0 Å². The van der Waals surface area contributed by atoms with E-state index in [1.807, 2.05) is 10.8 Å². The summed E-state index contributed by atoms with van der Waals surface area (Å²) in [5.74, 6) is -2.83. The number of thioether (sulfide) groups is 1. The lowest BCUT2D eigenvalue weighted by Gasteiger charge is -2.10. The normalized spacial score (nSPS) is 12.4. The van der Waals surface area contributed by atoms with Gasteiger partial charge in [0.1, 0.15) is 0 Å². The molecule has 0 aliphatic carbocycles. The van der Waals surface area contributed by atoms with Gasteiger partial charge in [-0.1, -0.05) is 11.8 Å². The van der Waals surface area contributed by atoms with Crippen LogP contribution in [-0.4, -0.2) is 23.3 Å². The summed E-state index contributed by atoms with van der Waals surface area (Å²) in [5, 5.41) is 16.1. The van der Waals surface area contributed by atoms with E-state index >= 15 is 0 Å². The molecule has 21 heavy (non-hydrogen) atoms. The number of nitrogens with one attached hydrogen (secondary N) is 1. The molecule has 0 fully saturated rings. The number of benzene rings is 1. The average Bonchev–Trinajstić information content (AvgIpc) is 2.99. The number of halogens is 2. The van der Waals surface area contributed by atoms with Crippen LogP contribution in [0, 0.1) is 0 Å². The standard InChI is InChI=1S/C14H13F2NO2S2/c15-14(16)21-11-3-1-9(2-4-11)13(19)17-7-12(18)10-5-6-20-8-10/h1-6,8,12,14,18H,7H2,(H,17,19). The molecular weight excluding hydrogens is 316 g/mol. The third kappa shape index (κ3) is 4.80. The van der Waals surface area contributed by atoms with Crippen LogP contribution in [0.15, 0.2) is 46.0 Å². The number of rotatable bonds is 6. The first-order valence-electron chi connectivity index (χ1n) is 6.09. The molecule has 1 atom stereocenters. The quantitative estimate of drug-likeness (QED) is 0.797. The highest BCUT2D eigenvalue weighted by molar-refractivity contribution is 7.99. The molecule has 0 radical (unpaired) electrons. The Morgan fingerprint density at radius 1 is 1.29 bits per heavy atom. The number of hydrogen-bond acceptors (Lipinski definition) is 4. The second kappa shape index (κ2) is 7.53. The lowest BCUT2D eigenvalue weighted by molar-refractivity contribution is 0.0916. The minimum atomic E-state index is -2.48. The number of carbonyl (C=O) groups is 1. The van der Waals surface area contributed by atoms with Gasteiger partial charge >= 0.3 is 0 Å². The fourth-order valence-electron chi connectivity index (χ4n) is 1.66. The van der Waals surface area contributed by atoms with Gasteiger partial charge in [-0.2, -0.15) is 20.1 Å². The Morgan fingerprint density at radius 3 is 2.57 bits per heavy atom. The molecule has 1 heterocycles. The molecule has 7 heteroatoms. The van der Waals surface area contributed by atoms with Crippen molar-refractivity contribution in [2.45, 2.75) is 16.8 Å². The minimum absolute atomic E-state index is 0.100. The molecule has 112 valence electrons. The van der Waals surface area contributed by atoms with Gasteiger partial charge in [0, 0.05) is 17.0 Å². The van der Waals surface area contributed by atoms with Gasteiger partial charge in [-0.25, -0.2) is 0 Å². The van der Waals surface area contributed by atoms with Crippen LogP contribution >= 0.6 is 23.1 Å². The second-order valence-corrected chi connectivity index (χ2v) is 6.03. The maximum atomic E-state index is 12.2. The van der Waals surface area contributed by atoms with Gasteiger partial charge in [0.05, 0.1) is 6.10 Å². The highest BCUT2D eigenvalue weighted by Crippen LogP contribution is 2.25. The van der Waals surface area contributed by atoms with Crippen molar-refractivity contribution < 1.29 is 18.7 Å². The van der Waals surface area contributed by atoms with Crippen LogP contribution in [0.2, 0.25) is 0 Å². The molecule has 3 nitrogen and oxygen atoms in total. The average molecular weight is 329 g/mol. The zero-order valence-corrected chi connectivity index (χ0v) is 12.5. The van der Waals surface area contributed by atoms with Crippen LogP contribution in [0.4, 0.5) is 8.78 Å². The summed E-state index contributed by atoms with van der Waals surface area (Å²) in [6, 6.07) is 7.70. The Bertz CT molecular complexity index is 573. The number of alkyl halides is 2. The highest BCUT2D eigenvalue weighted by atomic mass is 32.2. The van der Waals surface area contributed by atoms with E-state index in [1.165, 1.54) is 35.6 Å². The van der Waals surface area contributed by atoms with E-state index in [0.717, 1.165) is 5.56 Å². The predicted octanol–water partition coefficient (Wildman–Crippen LogP) is 3.53. The molecule has 0 aliphatic rings. The molecule has 1 aromatic heterocycles. The molecule has 1 amide bonds. The van der Waals surface area contributed by atoms with Crippen LogP contribution in [0.1, 0.15) is 22.0 Å². The minimum Gasteiger partial charge on any atom is -0.387 e. The van der Waals surface area contributed by atoms with Gasteiger partial charge in [0.25, 0.3) is 11.7 Å². The maximum Gasteiger partial charge on any atom is 0.288 e. The van der Waals surface area contributed by atoms with E-state index in [-0.39, 0.29) is 12.5 Å². The lowest BCUT2D eigenvalue weighted by atomic mass is 10.2. The molecule has 2 rings (SSSR count). The molecule has 1 aromatic carbocycles. The van der Waals surface area contributed by atoms with Crippen LogP contribution in [0.5, 0.6) is 0 Å². The Morgan fingerprint density at radius 2 is 2.00 bits per heavy atom. The zero-order chi connectivity index (χ0) is 15.2. The summed E-state index contributed by atoms with van der Waals surface area (Å²) in [6.45, 7) is 0.100. The van der Waals surface area contributed by atoms with Crippen LogP contribution in [0.3, 0.4) is 0 Å². The van der Waals surface area contributed by atoms with E-state index in [4.69, 9.17) is 0 Å². The number of thiophene rings is 1. The molecule has 0 bridgehead atoms. The first kappa shape index (κ1) is 15.9. The Kier molecular flexibility index (Phi) is 5.72. The lowest BCUT2D eigenvalue weighted by Crippen LogP contribution is -2.28. The first-order chi connectivity index (χ1) is 10.1. The Hall–Kier alpha value is -1.44. The van der Waals surface area contributed by atoms with Crippen molar-refractivity contribution in [3.05, 3.63) is 52.2 Å². The van der Waals surface area contributed by atoms with Gasteiger partial charge in [0.15, 0.2) is 0 Å². The monoisotopic (exact) mass is 329 g/mol. The molecule has 0 saturated carbocycles. The molecule has 0 saturated heterocycles. The molecular formula is C14H13F2NO2S2. The second-order valence-electron chi connectivity index (χ2n) is 4.19. The third-order valence-corrected chi connectivity index (χ3v) is 4.15. The van der Waals surface area contributed by atoms with Gasteiger partial charge in [-0.15, -0.1) is 0 Å². The number of hydrogen-bond donors (Lipinski definition) is 2. The van der Waals surface area contributed by atoms with E-state index in [1.54, 1.807) is 6.07 Å². The van der Waals surface area contributed by atoms with Crippen molar-refractivity contribution in [2.75, 3.05) is 6.54 Å². The molecule has 2 aromatic rings. The molecule has 2 N–H and O–H groups in total. The largest absolute Gasteiger partial charge is 0.387 e. The third-order valence-electron chi connectivity index (χ3n) is 2.73. The first-order valence-corrected chi connectivity index (χ1v) is 7.91. The Labute approximate surface area is 129 Å². The van der Waals surface area contributed by atoms with Crippen molar-refractivity contribution in [2.24, 2.45) is 0 Å². The van der Waals surface area contributed by atoms with E-state index in [0.29, 0.717) is 22.2 Å². The number of aliphatic hydroxyl groups is 1. The summed E-state index contributed by atoms with van der Waals surface area (Å²) in [4.78, 5) is 12.3. The number of aliphatic hydroxyl groups excluding tert-OH is 1. The van der Waals surface area contributed by atoms with Gasteiger partial charge in [0.2, 0.25) is 0 Å². The number of amides is 1. The predicted molar refractivity (Wildman–Crippen MR) is 79.9 cm³/mol. The smallest absolute Gasteiger partial charge is 0.288 e. The molecule has 0 aliphatic heterocycles. The molecule has 0 spiro atoms. The highest BCUT2D eigenvalue weighted by Gasteiger charge is 2.12. The Balaban J connectivity index is 1.88. The summed E-state index contributed by atoms with van der Waals surface area (Å²) in [5.41, 5.74) is 1.12. The maximum absolute atomic E-state index is 12.2. The van der Waals surface area contributed by atoms with Crippen molar-refractivity contribution in [3.8, 4) is 0 Å². The van der Waals surface area contributed by atoms with E-state index in [2.05, 4.69) is 5.32 Å². The SMILES string of the molecule is O=C(NCC(O)c1ccsc1)c1ccc(SC(F)F)cc1. The van der Waals surface area contributed by atoms with Crippen LogP contribution in [0.25, 0.3) is 0 Å². The van der Waals surface area contributed by atoms with Crippen molar-refractivity contribution in [1.82, 2.24) is 5.32 Å². The topological polar surface area (TPSA) is 49.3 Å². The zero-order valence-electron chi connectivity index (χ0n) is 10.8. The van der Waals surface area contributed by atoms with Crippen molar-refractivity contribution >= 4 is 29.0 Å². The summed E-state index contributed by atoms with van der Waals surface area (Å²) < 4.78 is 24.4. The van der Waals surface area contributed by atoms with Gasteiger partial charge in [-0.05, 0) is 46.7 Å². The van der Waals surface area contributed by atoms with Crippen molar-refractivity contribution in [3.63, 3.8) is 0 Å². The summed E-state index contributed by atoms with van der Waals surface area (Å²) in [6.07, 6.45) is -0.756. The fraction of sp³-hybridized carbons (Fsp3) is 0.214. The van der Waals surface area contributed by atoms with Gasteiger partial charge < -0.3 is 10.4 Å². The molecule has 1 unspecified atom stereocenters. The van der Waals surface area contributed by atoms with Crippen molar-refractivity contribution in [1.29, 1.82) is 0 Å².